The van der Waals surface area contributed by atoms with E-state index in [0.717, 1.165) is 16.9 Å². The van der Waals surface area contributed by atoms with Gasteiger partial charge in [0.1, 0.15) is 23.0 Å². The molecule has 0 aliphatic rings. The van der Waals surface area contributed by atoms with Crippen LogP contribution in [0.3, 0.4) is 0 Å². The summed E-state index contributed by atoms with van der Waals surface area (Å²) >= 11 is 0. The van der Waals surface area contributed by atoms with Gasteiger partial charge in [-0.25, -0.2) is 9.67 Å². The number of aromatic nitrogens is 3. The molecule has 0 atom stereocenters. The summed E-state index contributed by atoms with van der Waals surface area (Å²) in [5.74, 6) is 1.73. The second kappa shape index (κ2) is 7.36. The highest BCUT2D eigenvalue weighted by molar-refractivity contribution is 5.83. The maximum atomic E-state index is 12.3. The summed E-state index contributed by atoms with van der Waals surface area (Å²) in [5.41, 5.74) is 8.46. The monoisotopic (exact) mass is 370 g/mol. The molecule has 2 heterocycles. The fourth-order valence-electron chi connectivity index (χ4n) is 2.94. The number of nitrogens with zero attached hydrogens (tertiary/aromatic N) is 3. The van der Waals surface area contributed by atoms with Crippen LogP contribution in [-0.2, 0) is 7.05 Å². The van der Waals surface area contributed by atoms with Crippen molar-refractivity contribution < 1.29 is 4.74 Å². The zero-order valence-corrected chi connectivity index (χ0v) is 15.2. The van der Waals surface area contributed by atoms with Gasteiger partial charge in [-0.15, -0.1) is 0 Å². The quantitative estimate of drug-likeness (QED) is 0.589. The van der Waals surface area contributed by atoms with Gasteiger partial charge in [-0.2, -0.15) is 5.10 Å². The molecule has 0 radical (unpaired) electrons. The summed E-state index contributed by atoms with van der Waals surface area (Å²) in [5, 5.41) is 4.51. The van der Waals surface area contributed by atoms with Crippen molar-refractivity contribution >= 4 is 5.82 Å². The Hall–Kier alpha value is -3.93. The predicted octanol–water partition coefficient (Wildman–Crippen LogP) is 3.88. The van der Waals surface area contributed by atoms with Crippen LogP contribution in [0.2, 0.25) is 0 Å². The van der Waals surface area contributed by atoms with E-state index >= 15 is 0 Å². The fraction of sp³-hybridized carbons (Fsp3) is 0.0455. The van der Waals surface area contributed by atoms with Gasteiger partial charge >= 0.3 is 0 Å². The van der Waals surface area contributed by atoms with Gasteiger partial charge in [0.05, 0.1) is 0 Å². The normalized spacial score (nSPS) is 10.6. The third-order valence-electron chi connectivity index (χ3n) is 4.30. The molecule has 0 amide bonds. The van der Waals surface area contributed by atoms with Crippen molar-refractivity contribution in [3.05, 3.63) is 89.3 Å². The molecule has 0 fully saturated rings. The van der Waals surface area contributed by atoms with E-state index in [2.05, 4.69) is 10.1 Å². The Morgan fingerprint density at radius 3 is 2.46 bits per heavy atom. The Labute approximate surface area is 161 Å². The number of hydrogen-bond acceptors (Lipinski definition) is 5. The van der Waals surface area contributed by atoms with Gasteiger partial charge in [0.25, 0.3) is 5.56 Å². The minimum absolute atomic E-state index is 0.212. The van der Waals surface area contributed by atoms with E-state index in [4.69, 9.17) is 10.5 Å². The minimum atomic E-state index is -0.212. The maximum Gasteiger partial charge on any atom is 0.267 e. The number of nitrogens with two attached hydrogens (primary N) is 1. The summed E-state index contributed by atoms with van der Waals surface area (Å²) < 4.78 is 7.39. The number of aryl methyl sites for hydroxylation is 1. The van der Waals surface area contributed by atoms with Crippen LogP contribution < -0.4 is 16.0 Å². The van der Waals surface area contributed by atoms with Crippen LogP contribution in [0, 0.1) is 0 Å². The van der Waals surface area contributed by atoms with Gasteiger partial charge < -0.3 is 10.5 Å². The highest BCUT2D eigenvalue weighted by Crippen LogP contribution is 2.37. The molecule has 0 aliphatic heterocycles. The molecule has 0 unspecified atom stereocenters. The maximum absolute atomic E-state index is 12.3. The lowest BCUT2D eigenvalue weighted by atomic mass is 10.00. The lowest BCUT2D eigenvalue weighted by Gasteiger charge is -2.15. The summed E-state index contributed by atoms with van der Waals surface area (Å²) in [6.45, 7) is 0. The summed E-state index contributed by atoms with van der Waals surface area (Å²) in [7, 11) is 1.62. The van der Waals surface area contributed by atoms with Crippen molar-refractivity contribution in [1.29, 1.82) is 0 Å². The number of pyridine rings is 1. The van der Waals surface area contributed by atoms with Gasteiger partial charge in [0.15, 0.2) is 0 Å². The minimum Gasteiger partial charge on any atom is -0.457 e. The van der Waals surface area contributed by atoms with E-state index in [1.165, 1.54) is 4.68 Å². The van der Waals surface area contributed by atoms with Crippen LogP contribution in [0.25, 0.3) is 22.4 Å². The van der Waals surface area contributed by atoms with E-state index in [1.807, 2.05) is 54.6 Å². The highest BCUT2D eigenvalue weighted by Gasteiger charge is 2.16. The number of anilines is 1. The third-order valence-corrected chi connectivity index (χ3v) is 4.30. The smallest absolute Gasteiger partial charge is 0.267 e. The third kappa shape index (κ3) is 3.48. The van der Waals surface area contributed by atoms with Gasteiger partial charge in [0, 0.05) is 30.4 Å². The molecular weight excluding hydrogens is 352 g/mol. The Balaban J connectivity index is 1.91. The van der Waals surface area contributed by atoms with Gasteiger partial charge in [0.2, 0.25) is 0 Å². The van der Waals surface area contributed by atoms with E-state index < -0.39 is 0 Å². The lowest BCUT2D eigenvalue weighted by molar-refractivity contribution is 0.484. The van der Waals surface area contributed by atoms with Crippen LogP contribution in [0.15, 0.2) is 83.8 Å². The Kier molecular flexibility index (Phi) is 4.60. The van der Waals surface area contributed by atoms with Gasteiger partial charge in [-0.3, -0.25) is 4.79 Å². The molecule has 4 rings (SSSR count). The first-order valence-electron chi connectivity index (χ1n) is 8.74. The Morgan fingerprint density at radius 1 is 0.929 bits per heavy atom. The first kappa shape index (κ1) is 17.5. The molecule has 0 saturated heterocycles. The van der Waals surface area contributed by atoms with Crippen molar-refractivity contribution in [3.8, 4) is 33.9 Å². The summed E-state index contributed by atoms with van der Waals surface area (Å²) in [4.78, 5) is 16.3. The van der Waals surface area contributed by atoms with Crippen molar-refractivity contribution in [1.82, 2.24) is 14.8 Å². The average molecular weight is 370 g/mol. The first-order chi connectivity index (χ1) is 13.6. The van der Waals surface area contributed by atoms with Crippen molar-refractivity contribution in [2.45, 2.75) is 0 Å². The topological polar surface area (TPSA) is 83.0 Å². The zero-order chi connectivity index (χ0) is 19.5. The molecule has 138 valence electrons. The number of nitrogen functional groups attached to an aromatic ring is 1. The van der Waals surface area contributed by atoms with Crippen LogP contribution in [0.1, 0.15) is 0 Å². The zero-order valence-electron chi connectivity index (χ0n) is 15.2. The number of rotatable bonds is 4. The fourth-order valence-corrected chi connectivity index (χ4v) is 2.94. The van der Waals surface area contributed by atoms with Crippen molar-refractivity contribution in [3.63, 3.8) is 0 Å². The average Bonchev–Trinajstić information content (AvgIpc) is 2.71. The summed E-state index contributed by atoms with van der Waals surface area (Å²) in [6.07, 6.45) is 1.61. The van der Waals surface area contributed by atoms with Crippen LogP contribution in [0.4, 0.5) is 5.82 Å². The van der Waals surface area contributed by atoms with E-state index in [-0.39, 0.29) is 5.56 Å². The number of benzene rings is 2. The second-order valence-electron chi connectivity index (χ2n) is 6.25. The number of para-hydroxylation sites is 2. The van der Waals surface area contributed by atoms with E-state index in [0.29, 0.717) is 22.8 Å². The molecule has 0 bridgehead atoms. The van der Waals surface area contributed by atoms with Crippen LogP contribution in [-0.4, -0.2) is 14.8 Å². The lowest BCUT2D eigenvalue weighted by Crippen LogP contribution is -2.19. The predicted molar refractivity (Wildman–Crippen MR) is 109 cm³/mol. The molecule has 4 aromatic rings. The molecule has 6 heteroatoms. The summed E-state index contributed by atoms with van der Waals surface area (Å²) in [6, 6.07) is 22.2. The molecule has 0 spiro atoms. The highest BCUT2D eigenvalue weighted by atomic mass is 16.5. The Bertz CT molecular complexity index is 1190. The second-order valence-corrected chi connectivity index (χ2v) is 6.25. The molecule has 2 aromatic heterocycles. The number of ether oxygens (including phenoxy) is 1. The molecule has 0 saturated carbocycles. The van der Waals surface area contributed by atoms with E-state index in [9.17, 15) is 4.79 Å². The molecule has 6 nitrogen and oxygen atoms in total. The van der Waals surface area contributed by atoms with Gasteiger partial charge in [-0.1, -0.05) is 30.3 Å². The first-order valence-corrected chi connectivity index (χ1v) is 8.74. The molecule has 2 aromatic carbocycles. The molecular formula is C22H18N4O2. The Morgan fingerprint density at radius 2 is 1.68 bits per heavy atom. The van der Waals surface area contributed by atoms with E-state index in [1.54, 1.807) is 31.4 Å². The SMILES string of the molecule is Cn1nc(-c2ccccc2Oc2ccccc2)c(-c2ccnc(N)c2)cc1=O. The van der Waals surface area contributed by atoms with Crippen molar-refractivity contribution in [2.24, 2.45) is 7.05 Å². The molecule has 0 aliphatic carbocycles. The van der Waals surface area contributed by atoms with Crippen molar-refractivity contribution in [2.75, 3.05) is 5.73 Å². The largest absolute Gasteiger partial charge is 0.457 e. The van der Waals surface area contributed by atoms with Crippen LogP contribution >= 0.6 is 0 Å². The standard InChI is InChI=1S/C22H18N4O2/c1-26-21(27)14-18(15-11-12-24-20(23)13-15)22(25-26)17-9-5-6-10-19(17)28-16-7-3-2-4-8-16/h2-14H,1H3,(H2,23,24). The number of hydrogen-bond donors (Lipinski definition) is 1. The molecule has 2 N–H and O–H groups in total. The molecule has 28 heavy (non-hydrogen) atoms. The van der Waals surface area contributed by atoms with Gasteiger partial charge in [-0.05, 0) is 42.0 Å². The van der Waals surface area contributed by atoms with Crippen LogP contribution in [0.5, 0.6) is 11.5 Å².